The fraction of sp³-hybridized carbons (Fsp3) is 0.889. The summed E-state index contributed by atoms with van der Waals surface area (Å²) in [6, 6.07) is 0.317. The number of hydrogen-bond acceptors (Lipinski definition) is 2. The predicted octanol–water partition coefficient (Wildman–Crippen LogP) is 3.30. The highest BCUT2D eigenvalue weighted by molar-refractivity contribution is 5.85. The fourth-order valence-corrected chi connectivity index (χ4v) is 5.65. The number of carboxylic acids is 1. The first-order valence-corrected chi connectivity index (χ1v) is 8.74. The summed E-state index contributed by atoms with van der Waals surface area (Å²) >= 11 is 0. The molecule has 0 aromatic heterocycles. The summed E-state index contributed by atoms with van der Waals surface area (Å²) in [6.45, 7) is 7.71. The molecule has 124 valence electrons. The van der Waals surface area contributed by atoms with Crippen LogP contribution in [0.15, 0.2) is 0 Å². The smallest absolute Gasteiger partial charge is 0.307 e. The normalized spacial score (nSPS) is 40.5. The van der Waals surface area contributed by atoms with Gasteiger partial charge in [-0.05, 0) is 42.9 Å². The Morgan fingerprint density at radius 3 is 2.32 bits per heavy atom. The van der Waals surface area contributed by atoms with Crippen LogP contribution in [-0.2, 0) is 9.59 Å². The molecule has 3 rings (SSSR count). The van der Waals surface area contributed by atoms with E-state index in [1.165, 1.54) is 0 Å². The maximum absolute atomic E-state index is 13.1. The van der Waals surface area contributed by atoms with Gasteiger partial charge >= 0.3 is 5.97 Å². The number of aliphatic carboxylic acids is 1. The number of nitrogens with zero attached hydrogens (tertiary/aromatic N) is 1. The van der Waals surface area contributed by atoms with Gasteiger partial charge in [-0.3, -0.25) is 9.59 Å². The van der Waals surface area contributed by atoms with Gasteiger partial charge in [-0.25, -0.2) is 0 Å². The van der Waals surface area contributed by atoms with Gasteiger partial charge in [0.15, 0.2) is 0 Å². The first kappa shape index (κ1) is 15.8. The molecule has 0 unspecified atom stereocenters. The molecule has 0 radical (unpaired) electrons. The number of rotatable bonds is 2. The van der Waals surface area contributed by atoms with Crippen molar-refractivity contribution in [3.8, 4) is 0 Å². The third-order valence-corrected chi connectivity index (χ3v) is 6.10. The van der Waals surface area contributed by atoms with E-state index in [-0.39, 0.29) is 22.7 Å². The van der Waals surface area contributed by atoms with Gasteiger partial charge in [-0.1, -0.05) is 33.6 Å². The second-order valence-electron chi connectivity index (χ2n) is 9.02. The van der Waals surface area contributed by atoms with Crippen LogP contribution in [-0.4, -0.2) is 34.5 Å². The standard InChI is InChI=1S/C18H29NO3/c1-17(2)8-12-9-18(3,10-17)11-19(12)15(20)13-6-4-5-7-14(13)16(21)22/h12-14H,4-11H2,1-3H3,(H,21,22)/t12-,13+,14-,18+/m1/s1. The Kier molecular flexibility index (Phi) is 3.77. The Morgan fingerprint density at radius 1 is 1.05 bits per heavy atom. The molecule has 4 atom stereocenters. The summed E-state index contributed by atoms with van der Waals surface area (Å²) in [5.41, 5.74) is 0.501. The van der Waals surface area contributed by atoms with E-state index in [4.69, 9.17) is 0 Å². The quantitative estimate of drug-likeness (QED) is 0.851. The molecule has 3 aliphatic rings. The summed E-state index contributed by atoms with van der Waals surface area (Å²) < 4.78 is 0. The molecule has 4 heteroatoms. The Bertz CT molecular complexity index is 487. The topological polar surface area (TPSA) is 57.6 Å². The lowest BCUT2D eigenvalue weighted by Gasteiger charge is -2.40. The van der Waals surface area contributed by atoms with Crippen molar-refractivity contribution in [2.24, 2.45) is 22.7 Å². The number of amides is 1. The van der Waals surface area contributed by atoms with Crippen LogP contribution in [0.4, 0.5) is 0 Å². The third-order valence-electron chi connectivity index (χ3n) is 6.10. The predicted molar refractivity (Wildman–Crippen MR) is 84.3 cm³/mol. The first-order chi connectivity index (χ1) is 10.2. The third kappa shape index (κ3) is 2.77. The van der Waals surface area contributed by atoms with Gasteiger partial charge in [0.2, 0.25) is 5.91 Å². The first-order valence-electron chi connectivity index (χ1n) is 8.74. The number of carbonyl (C=O) groups excluding carboxylic acids is 1. The lowest BCUT2D eigenvalue weighted by molar-refractivity contribution is -0.152. The largest absolute Gasteiger partial charge is 0.481 e. The van der Waals surface area contributed by atoms with Gasteiger partial charge in [0.25, 0.3) is 0 Å². The van der Waals surface area contributed by atoms with E-state index in [9.17, 15) is 14.7 Å². The highest BCUT2D eigenvalue weighted by Crippen LogP contribution is 2.53. The minimum absolute atomic E-state index is 0.124. The monoisotopic (exact) mass is 307 g/mol. The number of hydrogen-bond donors (Lipinski definition) is 1. The summed E-state index contributed by atoms with van der Waals surface area (Å²) in [5, 5.41) is 9.45. The van der Waals surface area contributed by atoms with Crippen molar-refractivity contribution in [3.63, 3.8) is 0 Å². The van der Waals surface area contributed by atoms with E-state index >= 15 is 0 Å². The maximum atomic E-state index is 13.1. The minimum Gasteiger partial charge on any atom is -0.481 e. The molecule has 0 aromatic rings. The van der Waals surface area contributed by atoms with E-state index in [1.807, 2.05) is 0 Å². The lowest BCUT2D eigenvalue weighted by Crippen LogP contribution is -2.45. The van der Waals surface area contributed by atoms with Crippen molar-refractivity contribution in [1.82, 2.24) is 4.90 Å². The van der Waals surface area contributed by atoms with E-state index in [2.05, 4.69) is 25.7 Å². The Hall–Kier alpha value is -1.06. The zero-order valence-electron chi connectivity index (χ0n) is 14.1. The van der Waals surface area contributed by atoms with Crippen molar-refractivity contribution in [1.29, 1.82) is 0 Å². The Labute approximate surface area is 133 Å². The van der Waals surface area contributed by atoms with Crippen molar-refractivity contribution < 1.29 is 14.7 Å². The van der Waals surface area contributed by atoms with E-state index < -0.39 is 11.9 Å². The molecule has 2 bridgehead atoms. The van der Waals surface area contributed by atoms with Crippen LogP contribution >= 0.6 is 0 Å². The SMILES string of the molecule is CC1(C)C[C@@H]2C[C@](C)(CN2C(=O)[C@H]2CCCC[C@H]2C(=O)O)C1. The second-order valence-corrected chi connectivity index (χ2v) is 9.02. The number of fused-ring (bicyclic) bond motifs is 2. The molecule has 1 saturated heterocycles. The van der Waals surface area contributed by atoms with Gasteiger partial charge in [0.1, 0.15) is 0 Å². The average molecular weight is 307 g/mol. The molecule has 2 saturated carbocycles. The van der Waals surface area contributed by atoms with Crippen LogP contribution in [0.25, 0.3) is 0 Å². The molecule has 4 nitrogen and oxygen atoms in total. The molecule has 3 fully saturated rings. The van der Waals surface area contributed by atoms with Crippen LogP contribution in [0.2, 0.25) is 0 Å². The van der Waals surface area contributed by atoms with E-state index in [0.29, 0.717) is 12.5 Å². The van der Waals surface area contributed by atoms with Crippen LogP contribution < -0.4 is 0 Å². The number of carboxylic acid groups (broad SMARTS) is 1. The molecule has 22 heavy (non-hydrogen) atoms. The second kappa shape index (κ2) is 5.24. The highest BCUT2D eigenvalue weighted by atomic mass is 16.4. The molecule has 0 aromatic carbocycles. The average Bonchev–Trinajstić information content (AvgIpc) is 2.67. The zero-order chi connectivity index (χ0) is 16.1. The Morgan fingerprint density at radius 2 is 1.68 bits per heavy atom. The van der Waals surface area contributed by atoms with Gasteiger partial charge in [0, 0.05) is 12.6 Å². The molecular formula is C18H29NO3. The molecule has 1 heterocycles. The summed E-state index contributed by atoms with van der Waals surface area (Å²) in [6.07, 6.45) is 6.64. The van der Waals surface area contributed by atoms with Gasteiger partial charge < -0.3 is 10.0 Å². The summed E-state index contributed by atoms with van der Waals surface area (Å²) in [4.78, 5) is 26.6. The number of likely N-dealkylation sites (tertiary alicyclic amines) is 1. The van der Waals surface area contributed by atoms with Crippen molar-refractivity contribution in [2.75, 3.05) is 6.54 Å². The van der Waals surface area contributed by atoms with E-state index in [0.717, 1.165) is 45.1 Å². The zero-order valence-corrected chi connectivity index (χ0v) is 14.1. The number of carbonyl (C=O) groups is 2. The molecule has 0 spiro atoms. The van der Waals surface area contributed by atoms with Crippen molar-refractivity contribution in [2.45, 2.75) is 71.8 Å². The molecule has 1 aliphatic heterocycles. The van der Waals surface area contributed by atoms with Crippen LogP contribution in [0.5, 0.6) is 0 Å². The summed E-state index contributed by atoms with van der Waals surface area (Å²) in [7, 11) is 0. The fourth-order valence-electron chi connectivity index (χ4n) is 5.65. The maximum Gasteiger partial charge on any atom is 0.307 e. The Balaban J connectivity index is 1.79. The van der Waals surface area contributed by atoms with Crippen LogP contribution in [0, 0.1) is 22.7 Å². The van der Waals surface area contributed by atoms with Crippen molar-refractivity contribution >= 4 is 11.9 Å². The molecule has 2 aliphatic carbocycles. The van der Waals surface area contributed by atoms with Gasteiger partial charge in [0.05, 0.1) is 11.8 Å². The van der Waals surface area contributed by atoms with Crippen LogP contribution in [0.3, 0.4) is 0 Å². The molecule has 1 amide bonds. The van der Waals surface area contributed by atoms with Crippen molar-refractivity contribution in [3.05, 3.63) is 0 Å². The van der Waals surface area contributed by atoms with Crippen LogP contribution in [0.1, 0.15) is 65.7 Å². The highest BCUT2D eigenvalue weighted by Gasteiger charge is 2.52. The summed E-state index contributed by atoms with van der Waals surface area (Å²) in [5.74, 6) is -1.43. The lowest BCUT2D eigenvalue weighted by atomic mass is 9.65. The minimum atomic E-state index is -0.785. The van der Waals surface area contributed by atoms with Gasteiger partial charge in [-0.15, -0.1) is 0 Å². The molecule has 1 N–H and O–H groups in total. The van der Waals surface area contributed by atoms with E-state index in [1.54, 1.807) is 0 Å². The molecular weight excluding hydrogens is 278 g/mol. The van der Waals surface area contributed by atoms with Gasteiger partial charge in [-0.2, -0.15) is 0 Å².